The maximum absolute atomic E-state index is 5.79. The van der Waals surface area contributed by atoms with E-state index in [0.717, 1.165) is 42.9 Å². The quantitative estimate of drug-likeness (QED) is 0.880. The van der Waals surface area contributed by atoms with Gasteiger partial charge in [-0.05, 0) is 13.8 Å². The minimum atomic E-state index is 0.576. The molecule has 0 amide bonds. The molecule has 1 fully saturated rings. The molecule has 0 unspecified atom stereocenters. The molecule has 0 spiro atoms. The van der Waals surface area contributed by atoms with Crippen LogP contribution < -0.4 is 10.1 Å². The van der Waals surface area contributed by atoms with Gasteiger partial charge < -0.3 is 10.1 Å². The average Bonchev–Trinajstić information content (AvgIpc) is 2.88. The summed E-state index contributed by atoms with van der Waals surface area (Å²) in [5, 5.41) is 4.05. The van der Waals surface area contributed by atoms with Crippen molar-refractivity contribution in [1.82, 2.24) is 19.9 Å². The monoisotopic (exact) mass is 319 g/mol. The van der Waals surface area contributed by atoms with Crippen LogP contribution >= 0.6 is 11.3 Å². The molecule has 0 atom stereocenters. The molecule has 7 heteroatoms. The fourth-order valence-electron chi connectivity index (χ4n) is 2.59. The summed E-state index contributed by atoms with van der Waals surface area (Å²) in [6.07, 6.45) is 1.95. The highest BCUT2D eigenvalue weighted by Crippen LogP contribution is 2.24. The second-order valence-electron chi connectivity index (χ2n) is 5.65. The van der Waals surface area contributed by atoms with Gasteiger partial charge in [0, 0.05) is 55.4 Å². The number of nitrogens with zero attached hydrogens (tertiary/aromatic N) is 4. The van der Waals surface area contributed by atoms with Crippen molar-refractivity contribution in [2.75, 3.05) is 32.1 Å². The van der Waals surface area contributed by atoms with Crippen molar-refractivity contribution in [3.8, 4) is 5.88 Å². The average molecular weight is 319 g/mol. The maximum atomic E-state index is 5.79. The Morgan fingerprint density at radius 2 is 2.18 bits per heavy atom. The lowest BCUT2D eigenvalue weighted by Crippen LogP contribution is -2.48. The van der Waals surface area contributed by atoms with Gasteiger partial charge in [-0.1, -0.05) is 0 Å². The zero-order valence-electron chi connectivity index (χ0n) is 13.2. The van der Waals surface area contributed by atoms with Crippen LogP contribution in [0.2, 0.25) is 0 Å². The van der Waals surface area contributed by atoms with Crippen molar-refractivity contribution < 1.29 is 4.74 Å². The minimum Gasteiger partial charge on any atom is -0.477 e. The van der Waals surface area contributed by atoms with Crippen molar-refractivity contribution in [2.24, 2.45) is 5.92 Å². The van der Waals surface area contributed by atoms with Crippen LogP contribution in [0.15, 0.2) is 12.3 Å². The topological polar surface area (TPSA) is 63.2 Å². The lowest BCUT2D eigenvalue weighted by atomic mass is 10.0. The Kier molecular flexibility index (Phi) is 4.54. The third-order valence-electron chi connectivity index (χ3n) is 3.59. The second-order valence-corrected chi connectivity index (χ2v) is 6.76. The molecule has 0 bridgehead atoms. The van der Waals surface area contributed by atoms with Crippen LogP contribution in [0.3, 0.4) is 0 Å². The molecule has 2 aromatic rings. The molecular weight excluding hydrogens is 298 g/mol. The van der Waals surface area contributed by atoms with Crippen molar-refractivity contribution in [2.45, 2.75) is 20.4 Å². The molecule has 0 aromatic carbocycles. The van der Waals surface area contributed by atoms with Gasteiger partial charge in [-0.15, -0.1) is 11.3 Å². The predicted octanol–water partition coefficient (Wildman–Crippen LogP) is 2.10. The third kappa shape index (κ3) is 3.72. The van der Waals surface area contributed by atoms with Crippen LogP contribution in [0.4, 0.5) is 5.13 Å². The van der Waals surface area contributed by atoms with Gasteiger partial charge >= 0.3 is 0 Å². The lowest BCUT2D eigenvalue weighted by molar-refractivity contribution is 0.0550. The summed E-state index contributed by atoms with van der Waals surface area (Å²) >= 11 is 1.71. The van der Waals surface area contributed by atoms with Gasteiger partial charge in [-0.3, -0.25) is 4.90 Å². The lowest BCUT2D eigenvalue weighted by Gasteiger charge is -2.38. The number of likely N-dealkylation sites (tertiary alicyclic amines) is 1. The first-order valence-corrected chi connectivity index (χ1v) is 8.24. The standard InChI is InChI=1S/C15H21N5OS/c1-10-4-14(19-11(2)18-10)21-9-12-6-20(7-12)8-13-5-17-15(16-3)22-13/h4-5,12H,6-9H2,1-3H3,(H,16,17). The number of anilines is 1. The fourth-order valence-corrected chi connectivity index (χ4v) is 3.40. The summed E-state index contributed by atoms with van der Waals surface area (Å²) in [5.41, 5.74) is 0.947. The van der Waals surface area contributed by atoms with E-state index >= 15 is 0 Å². The molecule has 1 N–H and O–H groups in total. The molecule has 3 rings (SSSR count). The van der Waals surface area contributed by atoms with Gasteiger partial charge in [0.15, 0.2) is 5.13 Å². The van der Waals surface area contributed by atoms with E-state index in [0.29, 0.717) is 11.8 Å². The first-order chi connectivity index (χ1) is 10.6. The number of hydrogen-bond donors (Lipinski definition) is 1. The number of thiazole rings is 1. The molecule has 2 aromatic heterocycles. The minimum absolute atomic E-state index is 0.576. The Hall–Kier alpha value is -1.73. The normalized spacial score (nSPS) is 15.6. The molecule has 0 radical (unpaired) electrons. The van der Waals surface area contributed by atoms with Crippen molar-refractivity contribution in [1.29, 1.82) is 0 Å². The highest BCUT2D eigenvalue weighted by Gasteiger charge is 2.27. The zero-order chi connectivity index (χ0) is 15.5. The van der Waals surface area contributed by atoms with Crippen molar-refractivity contribution >= 4 is 16.5 Å². The van der Waals surface area contributed by atoms with Gasteiger partial charge in [0.2, 0.25) is 5.88 Å². The van der Waals surface area contributed by atoms with Gasteiger partial charge in [-0.25, -0.2) is 9.97 Å². The Morgan fingerprint density at radius 1 is 1.36 bits per heavy atom. The number of nitrogens with one attached hydrogen (secondary N) is 1. The van der Waals surface area contributed by atoms with E-state index in [1.807, 2.05) is 33.2 Å². The molecule has 6 nitrogen and oxygen atoms in total. The van der Waals surface area contributed by atoms with Gasteiger partial charge in [0.1, 0.15) is 5.82 Å². The van der Waals surface area contributed by atoms with Crippen LogP contribution in [-0.2, 0) is 6.54 Å². The summed E-state index contributed by atoms with van der Waals surface area (Å²) in [6, 6.07) is 1.89. The van der Waals surface area contributed by atoms with Crippen LogP contribution in [-0.4, -0.2) is 46.6 Å². The summed E-state index contributed by atoms with van der Waals surface area (Å²) in [7, 11) is 1.90. The van der Waals surface area contributed by atoms with Crippen molar-refractivity contribution in [3.05, 3.63) is 28.7 Å². The van der Waals surface area contributed by atoms with Crippen LogP contribution in [0.5, 0.6) is 5.88 Å². The number of aromatic nitrogens is 3. The predicted molar refractivity (Wildman–Crippen MR) is 87.4 cm³/mol. The molecule has 22 heavy (non-hydrogen) atoms. The Bertz CT molecular complexity index is 618. The molecule has 1 saturated heterocycles. The number of aryl methyl sites for hydroxylation is 2. The van der Waals surface area contributed by atoms with E-state index in [1.54, 1.807) is 11.3 Å². The van der Waals surface area contributed by atoms with E-state index in [4.69, 9.17) is 4.74 Å². The summed E-state index contributed by atoms with van der Waals surface area (Å²) < 4.78 is 5.79. The molecule has 118 valence electrons. The van der Waals surface area contributed by atoms with Gasteiger partial charge in [-0.2, -0.15) is 4.98 Å². The van der Waals surface area contributed by atoms with Gasteiger partial charge in [0.05, 0.1) is 6.61 Å². The zero-order valence-corrected chi connectivity index (χ0v) is 14.0. The van der Waals surface area contributed by atoms with Crippen LogP contribution in [0.1, 0.15) is 16.4 Å². The first kappa shape index (κ1) is 15.2. The van der Waals surface area contributed by atoms with Gasteiger partial charge in [0.25, 0.3) is 0 Å². The van der Waals surface area contributed by atoms with E-state index in [1.165, 1.54) is 4.88 Å². The Balaban J connectivity index is 1.42. The molecule has 0 aliphatic carbocycles. The molecule has 3 heterocycles. The summed E-state index contributed by atoms with van der Waals surface area (Å²) in [4.78, 5) is 16.6. The molecular formula is C15H21N5OS. The smallest absolute Gasteiger partial charge is 0.216 e. The highest BCUT2D eigenvalue weighted by molar-refractivity contribution is 7.15. The summed E-state index contributed by atoms with van der Waals surface area (Å²) in [6.45, 7) is 7.67. The third-order valence-corrected chi connectivity index (χ3v) is 4.59. The number of rotatable bonds is 6. The Labute approximate surface area is 134 Å². The van der Waals surface area contributed by atoms with Crippen LogP contribution in [0.25, 0.3) is 0 Å². The van der Waals surface area contributed by atoms with E-state index in [9.17, 15) is 0 Å². The van der Waals surface area contributed by atoms with E-state index < -0.39 is 0 Å². The van der Waals surface area contributed by atoms with E-state index in [-0.39, 0.29) is 0 Å². The van der Waals surface area contributed by atoms with Crippen LogP contribution in [0, 0.1) is 19.8 Å². The van der Waals surface area contributed by atoms with E-state index in [2.05, 4.69) is 25.2 Å². The van der Waals surface area contributed by atoms with Crippen molar-refractivity contribution in [3.63, 3.8) is 0 Å². The second kappa shape index (κ2) is 6.58. The Morgan fingerprint density at radius 3 is 2.86 bits per heavy atom. The molecule has 1 aliphatic heterocycles. The molecule has 0 saturated carbocycles. The fraction of sp³-hybridized carbons (Fsp3) is 0.533. The largest absolute Gasteiger partial charge is 0.477 e. The number of hydrogen-bond acceptors (Lipinski definition) is 7. The summed E-state index contributed by atoms with van der Waals surface area (Å²) in [5.74, 6) is 2.02. The first-order valence-electron chi connectivity index (χ1n) is 7.42. The molecule has 1 aliphatic rings. The highest BCUT2D eigenvalue weighted by atomic mass is 32.1. The maximum Gasteiger partial charge on any atom is 0.216 e. The number of ether oxygens (including phenoxy) is 1. The SMILES string of the molecule is CNc1ncc(CN2CC(COc3cc(C)nc(C)n3)C2)s1.